The van der Waals surface area contributed by atoms with Gasteiger partial charge in [-0.1, -0.05) is 18.2 Å². The van der Waals surface area contributed by atoms with E-state index in [-0.39, 0.29) is 6.42 Å². The Balaban J connectivity index is 1.77. The molecule has 4 amide bonds. The summed E-state index contributed by atoms with van der Waals surface area (Å²) >= 11 is 0. The van der Waals surface area contributed by atoms with Crippen molar-refractivity contribution in [3.8, 4) is 0 Å². The number of fused-ring (bicyclic) bond motifs is 1. The maximum absolute atomic E-state index is 13.3. The number of pyridine rings is 1. The monoisotopic (exact) mass is 390 g/mol. The lowest BCUT2D eigenvalue weighted by Crippen LogP contribution is -2.63. The fraction of sp³-hybridized carbons (Fsp3) is 0.273. The summed E-state index contributed by atoms with van der Waals surface area (Å²) in [7, 11) is 2.87. The lowest BCUT2D eigenvalue weighted by atomic mass is 9.73. The minimum atomic E-state index is -1.34. The summed E-state index contributed by atoms with van der Waals surface area (Å²) in [5, 5.41) is 0.971. The van der Waals surface area contributed by atoms with Gasteiger partial charge in [-0.25, -0.2) is 4.79 Å². The third-order valence-electron chi connectivity index (χ3n) is 5.76. The third kappa shape index (κ3) is 3.08. The van der Waals surface area contributed by atoms with Crippen molar-refractivity contribution >= 4 is 28.7 Å². The van der Waals surface area contributed by atoms with Gasteiger partial charge in [0.05, 0.1) is 0 Å². The van der Waals surface area contributed by atoms with Gasteiger partial charge in [-0.3, -0.25) is 24.4 Å². The molecule has 0 atom stereocenters. The van der Waals surface area contributed by atoms with Crippen LogP contribution in [0.2, 0.25) is 0 Å². The van der Waals surface area contributed by atoms with E-state index in [1.807, 2.05) is 42.6 Å². The van der Waals surface area contributed by atoms with Gasteiger partial charge in [0, 0.05) is 43.6 Å². The number of para-hydroxylation sites is 1. The average Bonchev–Trinajstić information content (AvgIpc) is 3.16. The molecule has 2 aromatic heterocycles. The number of carbonyl (C=O) groups is 3. The number of nitrogens with one attached hydrogen (secondary N) is 1. The first-order valence-electron chi connectivity index (χ1n) is 9.48. The van der Waals surface area contributed by atoms with Gasteiger partial charge in [0.25, 0.3) is 0 Å². The minimum Gasteiger partial charge on any atom is -0.361 e. The van der Waals surface area contributed by atoms with Crippen molar-refractivity contribution < 1.29 is 14.4 Å². The third-order valence-corrected chi connectivity index (χ3v) is 5.76. The summed E-state index contributed by atoms with van der Waals surface area (Å²) in [6.45, 7) is 0. The van der Waals surface area contributed by atoms with Crippen LogP contribution in [0.25, 0.3) is 10.9 Å². The summed E-state index contributed by atoms with van der Waals surface area (Å²) in [5.74, 6) is -0.908. The first-order chi connectivity index (χ1) is 13.9. The van der Waals surface area contributed by atoms with E-state index >= 15 is 0 Å². The second kappa shape index (κ2) is 7.16. The largest absolute Gasteiger partial charge is 0.361 e. The van der Waals surface area contributed by atoms with Gasteiger partial charge < -0.3 is 4.98 Å². The number of hydrogen-bond donors (Lipinski definition) is 1. The van der Waals surface area contributed by atoms with Crippen LogP contribution < -0.4 is 0 Å². The highest BCUT2D eigenvalue weighted by atomic mass is 16.2. The molecule has 1 aliphatic heterocycles. The highest BCUT2D eigenvalue weighted by Gasteiger charge is 2.55. The number of nitrogens with zero attached hydrogens (tertiary/aromatic N) is 3. The molecule has 3 aromatic rings. The summed E-state index contributed by atoms with van der Waals surface area (Å²) in [4.78, 5) is 48.3. The Morgan fingerprint density at radius 3 is 2.31 bits per heavy atom. The average molecular weight is 390 g/mol. The number of rotatable bonds is 5. The van der Waals surface area contributed by atoms with Crippen LogP contribution in [0.5, 0.6) is 0 Å². The number of aromatic nitrogens is 2. The van der Waals surface area contributed by atoms with E-state index in [1.165, 1.54) is 14.1 Å². The number of benzene rings is 1. The van der Waals surface area contributed by atoms with Gasteiger partial charge in [0.1, 0.15) is 5.41 Å². The molecule has 148 valence electrons. The van der Waals surface area contributed by atoms with Crippen LogP contribution in [-0.2, 0) is 22.4 Å². The highest BCUT2D eigenvalue weighted by Crippen LogP contribution is 2.38. The van der Waals surface area contributed by atoms with Gasteiger partial charge in [-0.05, 0) is 48.6 Å². The van der Waals surface area contributed by atoms with Crippen molar-refractivity contribution in [2.75, 3.05) is 14.1 Å². The lowest BCUT2D eigenvalue weighted by molar-refractivity contribution is -0.157. The van der Waals surface area contributed by atoms with Crippen molar-refractivity contribution in [2.45, 2.75) is 19.3 Å². The molecule has 7 heteroatoms. The van der Waals surface area contributed by atoms with Crippen molar-refractivity contribution in [3.63, 3.8) is 0 Å². The Morgan fingerprint density at radius 1 is 0.966 bits per heavy atom. The number of imide groups is 2. The molecule has 1 fully saturated rings. The van der Waals surface area contributed by atoms with E-state index in [4.69, 9.17) is 0 Å². The highest BCUT2D eigenvalue weighted by molar-refractivity contribution is 6.19. The molecule has 0 bridgehead atoms. The quantitative estimate of drug-likeness (QED) is 0.679. The van der Waals surface area contributed by atoms with Crippen LogP contribution in [0.4, 0.5) is 4.79 Å². The minimum absolute atomic E-state index is 0.224. The molecule has 1 N–H and O–H groups in total. The fourth-order valence-corrected chi connectivity index (χ4v) is 4.10. The molecule has 1 aromatic carbocycles. The first kappa shape index (κ1) is 18.9. The summed E-state index contributed by atoms with van der Waals surface area (Å²) in [6, 6.07) is 10.9. The fourth-order valence-electron chi connectivity index (χ4n) is 4.10. The van der Waals surface area contributed by atoms with E-state index in [1.54, 1.807) is 12.4 Å². The molecule has 1 saturated heterocycles. The van der Waals surface area contributed by atoms with E-state index in [0.29, 0.717) is 12.8 Å². The molecule has 0 aliphatic carbocycles. The molecule has 4 rings (SSSR count). The Morgan fingerprint density at radius 2 is 1.62 bits per heavy atom. The molecule has 0 spiro atoms. The van der Waals surface area contributed by atoms with Crippen LogP contribution in [0.3, 0.4) is 0 Å². The number of H-pyrrole nitrogens is 1. The van der Waals surface area contributed by atoms with Gasteiger partial charge in [-0.15, -0.1) is 0 Å². The van der Waals surface area contributed by atoms with Crippen LogP contribution in [0.15, 0.2) is 55.0 Å². The summed E-state index contributed by atoms with van der Waals surface area (Å²) in [6.07, 6.45) is 6.27. The maximum atomic E-state index is 13.3. The molecule has 29 heavy (non-hydrogen) atoms. The second-order valence-corrected chi connectivity index (χ2v) is 7.48. The van der Waals surface area contributed by atoms with Crippen molar-refractivity contribution in [2.24, 2.45) is 5.41 Å². The molecular weight excluding hydrogens is 368 g/mol. The SMILES string of the molecule is CN1C(=O)N(C)C(=O)C(CCc2ccncc2)(Cc2c[nH]c3ccccc23)C1=O. The van der Waals surface area contributed by atoms with Gasteiger partial charge in [-0.2, -0.15) is 0 Å². The number of urea groups is 1. The Kier molecular flexibility index (Phi) is 4.66. The van der Waals surface area contributed by atoms with E-state index < -0.39 is 23.3 Å². The summed E-state index contributed by atoms with van der Waals surface area (Å²) < 4.78 is 0. The number of amides is 4. The van der Waals surface area contributed by atoms with Gasteiger partial charge >= 0.3 is 6.03 Å². The maximum Gasteiger partial charge on any atom is 0.332 e. The Bertz CT molecular complexity index is 1070. The van der Waals surface area contributed by atoms with Crippen LogP contribution in [0.1, 0.15) is 17.5 Å². The van der Waals surface area contributed by atoms with Crippen LogP contribution >= 0.6 is 0 Å². The lowest BCUT2D eigenvalue weighted by Gasteiger charge is -2.41. The zero-order valence-corrected chi connectivity index (χ0v) is 16.4. The standard InChI is InChI=1S/C22H22N4O3/c1-25-19(27)22(20(28)26(2)21(25)29,10-7-15-8-11-23-12-9-15)13-16-14-24-18-6-4-3-5-17(16)18/h3-6,8-9,11-12,14,24H,7,10,13H2,1-2H3. The smallest absolute Gasteiger partial charge is 0.332 e. The van der Waals surface area contributed by atoms with E-state index in [0.717, 1.165) is 31.8 Å². The Labute approximate surface area is 168 Å². The van der Waals surface area contributed by atoms with Gasteiger partial charge in [0.2, 0.25) is 11.8 Å². The number of carbonyl (C=O) groups excluding carboxylic acids is 3. The molecule has 0 unspecified atom stereocenters. The Hall–Kier alpha value is -3.48. The second-order valence-electron chi connectivity index (χ2n) is 7.48. The number of aromatic amines is 1. The predicted octanol–water partition coefficient (Wildman–Crippen LogP) is 2.78. The molecular formula is C22H22N4O3. The van der Waals surface area contributed by atoms with Crippen LogP contribution in [0, 0.1) is 5.41 Å². The molecule has 0 radical (unpaired) electrons. The van der Waals surface area contributed by atoms with Crippen molar-refractivity contribution in [1.82, 2.24) is 19.8 Å². The summed E-state index contributed by atoms with van der Waals surface area (Å²) in [5.41, 5.74) is 1.47. The number of aryl methyl sites for hydroxylation is 1. The molecule has 0 saturated carbocycles. The topological polar surface area (TPSA) is 86.4 Å². The predicted molar refractivity (Wildman–Crippen MR) is 108 cm³/mol. The molecule has 3 heterocycles. The van der Waals surface area contributed by atoms with Crippen molar-refractivity contribution in [1.29, 1.82) is 0 Å². The number of barbiturate groups is 1. The van der Waals surface area contributed by atoms with E-state index in [9.17, 15) is 14.4 Å². The molecule has 7 nitrogen and oxygen atoms in total. The zero-order chi connectivity index (χ0) is 20.6. The van der Waals surface area contributed by atoms with Crippen LogP contribution in [-0.4, -0.2) is 51.7 Å². The normalized spacial score (nSPS) is 16.7. The van der Waals surface area contributed by atoms with Gasteiger partial charge in [0.15, 0.2) is 0 Å². The zero-order valence-electron chi connectivity index (χ0n) is 16.4. The molecule has 1 aliphatic rings. The number of hydrogen-bond acceptors (Lipinski definition) is 4. The first-order valence-corrected chi connectivity index (χ1v) is 9.48. The van der Waals surface area contributed by atoms with Crippen molar-refractivity contribution in [3.05, 3.63) is 66.1 Å². The van der Waals surface area contributed by atoms with E-state index in [2.05, 4.69) is 9.97 Å².